The molecule has 20 heavy (non-hydrogen) atoms. The molecule has 5 heteroatoms. The first-order valence-electron chi connectivity index (χ1n) is 6.68. The smallest absolute Gasteiger partial charge is 0.408 e. The minimum absolute atomic E-state index is 0.0678. The van der Waals surface area contributed by atoms with Crippen molar-refractivity contribution in [3.8, 4) is 0 Å². The zero-order valence-corrected chi connectivity index (χ0v) is 12.0. The number of fused-ring (bicyclic) bond motifs is 1. The summed E-state index contributed by atoms with van der Waals surface area (Å²) in [6, 6.07) is 5.27. The molecule has 5 nitrogen and oxygen atoms in total. The standard InChI is InChI=1S/C15H20N2O3/c1-15(2,3)20-14(19)17-12-7-5-9-8-10(13(16)18)4-6-11(9)12/h4,6,8,12H,5,7H2,1-3H3,(H2,16,18)(H,17,19)/t12-/m0/s1. The highest BCUT2D eigenvalue weighted by molar-refractivity contribution is 5.93. The molecule has 0 aliphatic heterocycles. The number of carbonyl (C=O) groups is 2. The van der Waals surface area contributed by atoms with Gasteiger partial charge in [0.05, 0.1) is 6.04 Å². The molecule has 0 radical (unpaired) electrons. The Morgan fingerprint density at radius 3 is 2.65 bits per heavy atom. The van der Waals surface area contributed by atoms with Crippen LogP contribution in [0.2, 0.25) is 0 Å². The fourth-order valence-corrected chi connectivity index (χ4v) is 2.37. The predicted octanol–water partition coefficient (Wildman–Crippen LogP) is 2.30. The molecule has 0 fully saturated rings. The molecule has 0 bridgehead atoms. The van der Waals surface area contributed by atoms with Crippen LogP contribution in [0.4, 0.5) is 4.79 Å². The van der Waals surface area contributed by atoms with Crippen LogP contribution in [0.1, 0.15) is 54.7 Å². The van der Waals surface area contributed by atoms with Crippen molar-refractivity contribution in [1.29, 1.82) is 0 Å². The molecule has 0 spiro atoms. The van der Waals surface area contributed by atoms with Gasteiger partial charge in [0.25, 0.3) is 0 Å². The summed E-state index contributed by atoms with van der Waals surface area (Å²) < 4.78 is 5.25. The molecule has 2 rings (SSSR count). The van der Waals surface area contributed by atoms with Gasteiger partial charge in [-0.15, -0.1) is 0 Å². The van der Waals surface area contributed by atoms with Crippen molar-refractivity contribution in [1.82, 2.24) is 5.32 Å². The highest BCUT2D eigenvalue weighted by atomic mass is 16.6. The zero-order chi connectivity index (χ0) is 14.9. The monoisotopic (exact) mass is 276 g/mol. The van der Waals surface area contributed by atoms with E-state index in [4.69, 9.17) is 10.5 Å². The summed E-state index contributed by atoms with van der Waals surface area (Å²) >= 11 is 0. The Kier molecular flexibility index (Phi) is 3.70. The van der Waals surface area contributed by atoms with E-state index in [9.17, 15) is 9.59 Å². The number of carbonyl (C=O) groups excluding carboxylic acids is 2. The Balaban J connectivity index is 2.09. The molecule has 0 saturated heterocycles. The molecule has 3 N–H and O–H groups in total. The maximum Gasteiger partial charge on any atom is 0.408 e. The van der Waals surface area contributed by atoms with E-state index in [1.165, 1.54) is 0 Å². The third-order valence-electron chi connectivity index (χ3n) is 3.20. The van der Waals surface area contributed by atoms with Gasteiger partial charge in [-0.2, -0.15) is 0 Å². The second kappa shape index (κ2) is 5.15. The van der Waals surface area contributed by atoms with E-state index in [1.54, 1.807) is 12.1 Å². The fourth-order valence-electron chi connectivity index (χ4n) is 2.37. The first-order valence-corrected chi connectivity index (χ1v) is 6.68. The number of hydrogen-bond acceptors (Lipinski definition) is 3. The number of rotatable bonds is 2. The van der Waals surface area contributed by atoms with E-state index in [2.05, 4.69) is 5.32 Å². The van der Waals surface area contributed by atoms with E-state index in [0.717, 1.165) is 24.0 Å². The molecule has 1 aromatic rings. The fraction of sp³-hybridized carbons (Fsp3) is 0.467. The molecular weight excluding hydrogens is 256 g/mol. The van der Waals surface area contributed by atoms with E-state index in [0.29, 0.717) is 5.56 Å². The number of amides is 2. The lowest BCUT2D eigenvalue weighted by molar-refractivity contribution is 0.0503. The third-order valence-corrected chi connectivity index (χ3v) is 3.20. The Morgan fingerprint density at radius 1 is 1.35 bits per heavy atom. The lowest BCUT2D eigenvalue weighted by atomic mass is 10.0. The number of ether oxygens (including phenoxy) is 1. The van der Waals surface area contributed by atoms with E-state index < -0.39 is 17.6 Å². The summed E-state index contributed by atoms with van der Waals surface area (Å²) in [6.45, 7) is 5.48. The SMILES string of the molecule is CC(C)(C)OC(=O)N[C@H]1CCc2cc(C(N)=O)ccc21. The van der Waals surface area contributed by atoms with Crippen molar-refractivity contribution in [3.05, 3.63) is 34.9 Å². The van der Waals surface area contributed by atoms with Gasteiger partial charge in [0.1, 0.15) is 5.60 Å². The number of alkyl carbamates (subject to hydrolysis) is 1. The molecular formula is C15H20N2O3. The molecule has 2 amide bonds. The lowest BCUT2D eigenvalue weighted by Gasteiger charge is -2.22. The van der Waals surface area contributed by atoms with E-state index in [1.807, 2.05) is 26.8 Å². The van der Waals surface area contributed by atoms with Gasteiger partial charge in [0.2, 0.25) is 5.91 Å². The Hall–Kier alpha value is -2.04. The summed E-state index contributed by atoms with van der Waals surface area (Å²) in [6.07, 6.45) is 1.20. The topological polar surface area (TPSA) is 81.4 Å². The average molecular weight is 276 g/mol. The highest BCUT2D eigenvalue weighted by Crippen LogP contribution is 2.31. The largest absolute Gasteiger partial charge is 0.444 e. The molecule has 1 aromatic carbocycles. The number of nitrogens with two attached hydrogens (primary N) is 1. The molecule has 0 heterocycles. The normalized spacial score (nSPS) is 17.4. The van der Waals surface area contributed by atoms with Gasteiger partial charge in [-0.3, -0.25) is 4.79 Å². The zero-order valence-electron chi connectivity index (χ0n) is 12.0. The molecule has 1 aliphatic carbocycles. The average Bonchev–Trinajstić information content (AvgIpc) is 2.69. The molecule has 0 unspecified atom stereocenters. The van der Waals surface area contributed by atoms with Gasteiger partial charge in [-0.25, -0.2) is 4.79 Å². The number of hydrogen-bond donors (Lipinski definition) is 2. The van der Waals surface area contributed by atoms with Crippen molar-refractivity contribution in [3.63, 3.8) is 0 Å². The maximum absolute atomic E-state index is 11.8. The van der Waals surface area contributed by atoms with Crippen LogP contribution in [-0.2, 0) is 11.2 Å². The van der Waals surface area contributed by atoms with Crippen LogP contribution in [0.5, 0.6) is 0 Å². The number of nitrogens with one attached hydrogen (secondary N) is 1. The van der Waals surface area contributed by atoms with Gasteiger partial charge >= 0.3 is 6.09 Å². The van der Waals surface area contributed by atoms with E-state index >= 15 is 0 Å². The summed E-state index contributed by atoms with van der Waals surface area (Å²) in [5.74, 6) is -0.434. The third kappa shape index (κ3) is 3.29. The Bertz CT molecular complexity index is 547. The van der Waals surface area contributed by atoms with Gasteiger partial charge in [0.15, 0.2) is 0 Å². The first kappa shape index (κ1) is 14.4. The minimum atomic E-state index is -0.513. The summed E-state index contributed by atoms with van der Waals surface area (Å²) in [5.41, 5.74) is 7.34. The van der Waals surface area contributed by atoms with Crippen LogP contribution in [0.3, 0.4) is 0 Å². The number of primary amides is 1. The lowest BCUT2D eigenvalue weighted by Crippen LogP contribution is -2.34. The van der Waals surface area contributed by atoms with Crippen LogP contribution in [0.15, 0.2) is 18.2 Å². The van der Waals surface area contributed by atoms with Crippen LogP contribution < -0.4 is 11.1 Å². The highest BCUT2D eigenvalue weighted by Gasteiger charge is 2.26. The van der Waals surface area contributed by atoms with Crippen molar-refractivity contribution in [2.75, 3.05) is 0 Å². The summed E-state index contributed by atoms with van der Waals surface area (Å²) in [4.78, 5) is 22.9. The quantitative estimate of drug-likeness (QED) is 0.869. The van der Waals surface area contributed by atoms with Crippen LogP contribution in [0.25, 0.3) is 0 Å². The van der Waals surface area contributed by atoms with Crippen LogP contribution in [-0.4, -0.2) is 17.6 Å². The van der Waals surface area contributed by atoms with Gasteiger partial charge < -0.3 is 15.8 Å². The van der Waals surface area contributed by atoms with Gasteiger partial charge in [0, 0.05) is 5.56 Å². The molecule has 108 valence electrons. The Labute approximate surface area is 118 Å². The summed E-state index contributed by atoms with van der Waals surface area (Å²) in [7, 11) is 0. The number of benzene rings is 1. The second-order valence-corrected chi connectivity index (χ2v) is 6.02. The molecule has 0 saturated carbocycles. The van der Waals surface area contributed by atoms with Crippen molar-refractivity contribution in [2.24, 2.45) is 5.73 Å². The van der Waals surface area contributed by atoms with Crippen molar-refractivity contribution >= 4 is 12.0 Å². The maximum atomic E-state index is 11.8. The van der Waals surface area contributed by atoms with Crippen molar-refractivity contribution < 1.29 is 14.3 Å². The van der Waals surface area contributed by atoms with Crippen LogP contribution >= 0.6 is 0 Å². The van der Waals surface area contributed by atoms with Gasteiger partial charge in [-0.1, -0.05) is 6.07 Å². The molecule has 1 aliphatic rings. The van der Waals surface area contributed by atoms with E-state index in [-0.39, 0.29) is 6.04 Å². The first-order chi connectivity index (χ1) is 9.26. The number of aryl methyl sites for hydroxylation is 1. The second-order valence-electron chi connectivity index (χ2n) is 6.02. The van der Waals surface area contributed by atoms with Crippen LogP contribution in [0, 0.1) is 0 Å². The Morgan fingerprint density at radius 2 is 2.05 bits per heavy atom. The van der Waals surface area contributed by atoms with Crippen molar-refractivity contribution in [2.45, 2.75) is 45.3 Å². The summed E-state index contributed by atoms with van der Waals surface area (Å²) in [5, 5.41) is 2.86. The minimum Gasteiger partial charge on any atom is -0.444 e. The molecule has 0 aromatic heterocycles. The predicted molar refractivity (Wildman–Crippen MR) is 75.4 cm³/mol. The molecule has 1 atom stereocenters. The van der Waals surface area contributed by atoms with Gasteiger partial charge in [-0.05, 0) is 56.9 Å².